The lowest BCUT2D eigenvalue weighted by atomic mass is 9.88. The summed E-state index contributed by atoms with van der Waals surface area (Å²) in [6, 6.07) is 19.4. The van der Waals surface area contributed by atoms with Gasteiger partial charge in [-0.3, -0.25) is 9.59 Å². The lowest BCUT2D eigenvalue weighted by molar-refractivity contribution is -0.135. The van der Waals surface area contributed by atoms with Gasteiger partial charge in [0.15, 0.2) is 22.9 Å². The molecule has 1 N–H and O–H groups in total. The molecule has 1 aliphatic rings. The first kappa shape index (κ1) is 23.3. The van der Waals surface area contributed by atoms with E-state index in [1.54, 1.807) is 42.5 Å². The normalized spacial score (nSPS) is 16.8. The number of aliphatic hydroxyl groups is 1. The van der Waals surface area contributed by atoms with Gasteiger partial charge in [-0.2, -0.15) is 0 Å². The Labute approximate surface area is 198 Å². The molecule has 7 nitrogen and oxygen atoms in total. The predicted molar refractivity (Wildman–Crippen MR) is 128 cm³/mol. The van der Waals surface area contributed by atoms with Crippen molar-refractivity contribution >= 4 is 17.4 Å². The van der Waals surface area contributed by atoms with Crippen LogP contribution in [0.2, 0.25) is 0 Å². The number of benzene rings is 3. The van der Waals surface area contributed by atoms with E-state index in [9.17, 15) is 14.7 Å². The number of hydrogen-bond donors (Lipinski definition) is 1. The summed E-state index contributed by atoms with van der Waals surface area (Å²) in [5.41, 5.74) is 0.322. The quantitative estimate of drug-likeness (QED) is 0.487. The number of amides is 1. The van der Waals surface area contributed by atoms with E-state index in [0.717, 1.165) is 11.3 Å². The van der Waals surface area contributed by atoms with Crippen LogP contribution in [0, 0.1) is 6.92 Å². The van der Waals surface area contributed by atoms with Crippen molar-refractivity contribution in [1.82, 2.24) is 0 Å². The van der Waals surface area contributed by atoms with Crippen LogP contribution in [-0.2, 0) is 10.4 Å². The molecule has 1 amide bonds. The number of aryl methyl sites for hydroxylation is 1. The summed E-state index contributed by atoms with van der Waals surface area (Å²) < 4.78 is 16.4. The van der Waals surface area contributed by atoms with Crippen LogP contribution in [0.25, 0.3) is 0 Å². The summed E-state index contributed by atoms with van der Waals surface area (Å²) in [4.78, 5) is 28.0. The van der Waals surface area contributed by atoms with Crippen molar-refractivity contribution in [3.8, 4) is 17.2 Å². The van der Waals surface area contributed by atoms with Gasteiger partial charge in [0.05, 0.1) is 32.9 Å². The average molecular weight is 462 g/mol. The minimum Gasteiger partial charge on any atom is -0.493 e. The van der Waals surface area contributed by atoms with Gasteiger partial charge in [-0.15, -0.1) is 0 Å². The van der Waals surface area contributed by atoms with E-state index in [2.05, 4.69) is 0 Å². The number of fused-ring (bicyclic) bond motifs is 1. The number of para-hydroxylation sites is 2. The highest BCUT2D eigenvalue weighted by atomic mass is 16.5. The van der Waals surface area contributed by atoms with Crippen molar-refractivity contribution < 1.29 is 28.9 Å². The predicted octanol–water partition coefficient (Wildman–Crippen LogP) is 3.90. The van der Waals surface area contributed by atoms with Crippen LogP contribution in [0.15, 0.2) is 66.7 Å². The second-order valence-corrected chi connectivity index (χ2v) is 8.12. The van der Waals surface area contributed by atoms with Gasteiger partial charge < -0.3 is 24.2 Å². The third-order valence-electron chi connectivity index (χ3n) is 6.03. The van der Waals surface area contributed by atoms with Gasteiger partial charge in [0.1, 0.15) is 12.4 Å². The lowest BCUT2D eigenvalue weighted by Gasteiger charge is -2.23. The molecular formula is C27H27NO6. The van der Waals surface area contributed by atoms with E-state index in [4.69, 9.17) is 14.2 Å². The zero-order valence-corrected chi connectivity index (χ0v) is 19.4. The van der Waals surface area contributed by atoms with Crippen LogP contribution in [-0.4, -0.2) is 44.2 Å². The number of anilines is 1. The molecule has 1 heterocycles. The highest BCUT2D eigenvalue weighted by molar-refractivity contribution is 6.10. The highest BCUT2D eigenvalue weighted by Gasteiger charge is 2.50. The van der Waals surface area contributed by atoms with Gasteiger partial charge in [0, 0.05) is 11.1 Å². The van der Waals surface area contributed by atoms with E-state index < -0.39 is 17.9 Å². The molecule has 4 rings (SSSR count). The molecule has 0 saturated carbocycles. The van der Waals surface area contributed by atoms with Crippen molar-refractivity contribution in [2.75, 3.05) is 32.3 Å². The summed E-state index contributed by atoms with van der Waals surface area (Å²) in [7, 11) is 2.99. The molecular weight excluding hydrogens is 434 g/mol. The SMILES string of the molecule is COc1ccc(C(=O)CC2(O)C(=O)N(CCOc3ccccc3C)c3ccccc32)cc1OC. The van der Waals surface area contributed by atoms with Gasteiger partial charge in [-0.25, -0.2) is 0 Å². The maximum absolute atomic E-state index is 13.4. The molecule has 3 aromatic carbocycles. The summed E-state index contributed by atoms with van der Waals surface area (Å²) >= 11 is 0. The third-order valence-corrected chi connectivity index (χ3v) is 6.03. The fraction of sp³-hybridized carbons (Fsp3) is 0.259. The van der Waals surface area contributed by atoms with Gasteiger partial charge in [-0.1, -0.05) is 36.4 Å². The van der Waals surface area contributed by atoms with E-state index in [1.807, 2.05) is 31.2 Å². The number of ketones is 1. The fourth-order valence-electron chi connectivity index (χ4n) is 4.21. The molecule has 0 fully saturated rings. The zero-order valence-electron chi connectivity index (χ0n) is 19.4. The number of hydrogen-bond acceptors (Lipinski definition) is 6. The molecule has 0 bridgehead atoms. The molecule has 1 aliphatic heterocycles. The van der Waals surface area contributed by atoms with E-state index in [0.29, 0.717) is 28.3 Å². The van der Waals surface area contributed by atoms with Gasteiger partial charge in [0.2, 0.25) is 0 Å². The Morgan fingerprint density at radius 1 is 0.941 bits per heavy atom. The first-order valence-corrected chi connectivity index (χ1v) is 11.0. The molecule has 1 unspecified atom stereocenters. The Kier molecular flexibility index (Phi) is 6.56. The maximum Gasteiger partial charge on any atom is 0.264 e. The number of Topliss-reactive ketones (excluding diaryl/α,β-unsaturated/α-hetero) is 1. The Morgan fingerprint density at radius 2 is 1.65 bits per heavy atom. The molecule has 7 heteroatoms. The van der Waals surface area contributed by atoms with Gasteiger partial charge in [0.25, 0.3) is 5.91 Å². The Balaban J connectivity index is 1.55. The number of nitrogens with zero attached hydrogens (tertiary/aromatic N) is 1. The molecule has 0 aliphatic carbocycles. The van der Waals surface area contributed by atoms with Crippen molar-refractivity contribution in [3.05, 3.63) is 83.4 Å². The summed E-state index contributed by atoms with van der Waals surface area (Å²) in [6.45, 7) is 2.42. The molecule has 0 radical (unpaired) electrons. The maximum atomic E-state index is 13.4. The average Bonchev–Trinajstić information content (AvgIpc) is 3.06. The number of carbonyl (C=O) groups is 2. The Bertz CT molecular complexity index is 1220. The van der Waals surface area contributed by atoms with E-state index in [1.165, 1.54) is 19.1 Å². The number of ether oxygens (including phenoxy) is 3. The number of carbonyl (C=O) groups excluding carboxylic acids is 2. The first-order valence-electron chi connectivity index (χ1n) is 11.0. The molecule has 1 atom stereocenters. The largest absolute Gasteiger partial charge is 0.493 e. The summed E-state index contributed by atoms with van der Waals surface area (Å²) in [5, 5.41) is 11.5. The minimum absolute atomic E-state index is 0.233. The van der Waals surface area contributed by atoms with E-state index >= 15 is 0 Å². The van der Waals surface area contributed by atoms with Crippen molar-refractivity contribution in [3.63, 3.8) is 0 Å². The fourth-order valence-corrected chi connectivity index (χ4v) is 4.21. The van der Waals surface area contributed by atoms with Crippen molar-refractivity contribution in [2.45, 2.75) is 18.9 Å². The van der Waals surface area contributed by atoms with Gasteiger partial charge >= 0.3 is 0 Å². The number of rotatable bonds is 9. The minimum atomic E-state index is -1.97. The van der Waals surface area contributed by atoms with Crippen LogP contribution in [0.3, 0.4) is 0 Å². The van der Waals surface area contributed by atoms with Crippen LogP contribution in [0.5, 0.6) is 17.2 Å². The van der Waals surface area contributed by atoms with Crippen LogP contribution < -0.4 is 19.1 Å². The smallest absolute Gasteiger partial charge is 0.264 e. The molecule has 0 spiro atoms. The molecule has 0 saturated heterocycles. The van der Waals surface area contributed by atoms with Crippen molar-refractivity contribution in [1.29, 1.82) is 0 Å². The monoisotopic (exact) mass is 461 g/mol. The van der Waals surface area contributed by atoms with Crippen LogP contribution >= 0.6 is 0 Å². The molecule has 176 valence electrons. The van der Waals surface area contributed by atoms with Crippen LogP contribution in [0.4, 0.5) is 5.69 Å². The van der Waals surface area contributed by atoms with Gasteiger partial charge in [-0.05, 0) is 42.8 Å². The molecule has 34 heavy (non-hydrogen) atoms. The second-order valence-electron chi connectivity index (χ2n) is 8.12. The Hall–Kier alpha value is -3.84. The first-order chi connectivity index (χ1) is 16.4. The third kappa shape index (κ3) is 4.22. The molecule has 0 aromatic heterocycles. The second kappa shape index (κ2) is 9.57. The van der Waals surface area contributed by atoms with Crippen LogP contribution in [0.1, 0.15) is 27.9 Å². The van der Waals surface area contributed by atoms with E-state index in [-0.39, 0.29) is 18.9 Å². The van der Waals surface area contributed by atoms with Crippen molar-refractivity contribution in [2.24, 2.45) is 0 Å². The standard InChI is InChI=1S/C27H27NO6/c1-18-8-4-7-11-23(18)34-15-14-28-21-10-6-5-9-20(21)27(31,26(28)30)17-22(29)19-12-13-24(32-2)25(16-19)33-3/h4-13,16,31H,14-15,17H2,1-3H3. The summed E-state index contributed by atoms with van der Waals surface area (Å²) in [6.07, 6.45) is -0.395. The number of methoxy groups -OCH3 is 2. The lowest BCUT2D eigenvalue weighted by Crippen LogP contribution is -2.43. The summed E-state index contributed by atoms with van der Waals surface area (Å²) in [5.74, 6) is 0.690. The molecule has 3 aromatic rings. The highest BCUT2D eigenvalue weighted by Crippen LogP contribution is 2.43. The Morgan fingerprint density at radius 3 is 2.38 bits per heavy atom. The topological polar surface area (TPSA) is 85.3 Å². The zero-order chi connectivity index (χ0) is 24.3.